The third-order valence-corrected chi connectivity index (χ3v) is 4.11. The van der Waals surface area contributed by atoms with E-state index in [9.17, 15) is 0 Å². The molecule has 21 heavy (non-hydrogen) atoms. The maximum Gasteiger partial charge on any atom is 0.171 e. The Kier molecular flexibility index (Phi) is 5.45. The van der Waals surface area contributed by atoms with E-state index in [-0.39, 0.29) is 6.04 Å². The van der Waals surface area contributed by atoms with Crippen molar-refractivity contribution in [3.05, 3.63) is 63.6 Å². The summed E-state index contributed by atoms with van der Waals surface area (Å²) in [5, 5.41) is 8.42. The largest absolute Gasteiger partial charge is 0.356 e. The maximum absolute atomic E-state index is 6.10. The Balaban J connectivity index is 2.01. The predicted octanol–water partition coefficient (Wildman–Crippen LogP) is 5.35. The normalized spacial score (nSPS) is 11.8. The van der Waals surface area contributed by atoms with E-state index in [0.717, 1.165) is 21.8 Å². The van der Waals surface area contributed by atoms with Gasteiger partial charge in [0.2, 0.25) is 0 Å². The van der Waals surface area contributed by atoms with Crippen LogP contribution in [0.3, 0.4) is 0 Å². The number of thiocarbonyl (C=S) groups is 1. The number of anilines is 1. The average molecular weight is 339 g/mol. The van der Waals surface area contributed by atoms with Crippen molar-refractivity contribution in [2.75, 3.05) is 5.32 Å². The van der Waals surface area contributed by atoms with Crippen molar-refractivity contribution in [3.8, 4) is 0 Å². The van der Waals surface area contributed by atoms with Crippen LogP contribution in [0.2, 0.25) is 10.0 Å². The van der Waals surface area contributed by atoms with Gasteiger partial charge in [-0.3, -0.25) is 0 Å². The fourth-order valence-corrected chi connectivity index (χ4v) is 2.52. The lowest BCUT2D eigenvalue weighted by molar-refractivity contribution is 0.722. The highest BCUT2D eigenvalue weighted by atomic mass is 35.5. The first-order valence-corrected chi connectivity index (χ1v) is 7.72. The summed E-state index contributed by atoms with van der Waals surface area (Å²) in [4.78, 5) is 0. The van der Waals surface area contributed by atoms with Crippen molar-refractivity contribution in [2.45, 2.75) is 19.9 Å². The highest BCUT2D eigenvalue weighted by molar-refractivity contribution is 7.80. The summed E-state index contributed by atoms with van der Waals surface area (Å²) in [6.45, 7) is 4.00. The minimum absolute atomic E-state index is 0.0850. The van der Waals surface area contributed by atoms with Gasteiger partial charge in [-0.2, -0.15) is 0 Å². The molecule has 0 bridgehead atoms. The fourth-order valence-electron chi connectivity index (χ4n) is 1.93. The Hall–Kier alpha value is -1.29. The SMILES string of the molecule is Cc1c(Cl)cccc1NC(=S)N[C@H](C)c1ccc(Cl)cc1. The van der Waals surface area contributed by atoms with Crippen LogP contribution in [-0.2, 0) is 0 Å². The Bertz CT molecular complexity index is 641. The Labute approximate surface area is 140 Å². The molecule has 0 saturated heterocycles. The molecule has 2 nitrogen and oxygen atoms in total. The van der Waals surface area contributed by atoms with Crippen LogP contribution in [-0.4, -0.2) is 5.11 Å². The van der Waals surface area contributed by atoms with Gasteiger partial charge in [-0.25, -0.2) is 0 Å². The third kappa shape index (κ3) is 4.34. The molecule has 110 valence electrons. The van der Waals surface area contributed by atoms with Gasteiger partial charge in [0, 0.05) is 15.7 Å². The van der Waals surface area contributed by atoms with E-state index < -0.39 is 0 Å². The van der Waals surface area contributed by atoms with Crippen molar-refractivity contribution in [2.24, 2.45) is 0 Å². The van der Waals surface area contributed by atoms with Gasteiger partial charge in [0.05, 0.1) is 6.04 Å². The van der Waals surface area contributed by atoms with E-state index in [2.05, 4.69) is 10.6 Å². The van der Waals surface area contributed by atoms with Gasteiger partial charge in [0.25, 0.3) is 0 Å². The molecule has 0 fully saturated rings. The molecule has 0 unspecified atom stereocenters. The van der Waals surface area contributed by atoms with E-state index in [4.69, 9.17) is 35.4 Å². The molecule has 0 aliphatic rings. The molecule has 2 aromatic rings. The zero-order valence-corrected chi connectivity index (χ0v) is 14.1. The Morgan fingerprint density at radius 2 is 1.76 bits per heavy atom. The van der Waals surface area contributed by atoms with Gasteiger partial charge >= 0.3 is 0 Å². The lowest BCUT2D eigenvalue weighted by Gasteiger charge is -2.18. The van der Waals surface area contributed by atoms with Gasteiger partial charge in [0.15, 0.2) is 5.11 Å². The number of hydrogen-bond donors (Lipinski definition) is 2. The first-order valence-electron chi connectivity index (χ1n) is 6.55. The summed E-state index contributed by atoms with van der Waals surface area (Å²) in [5.41, 5.74) is 3.00. The second kappa shape index (κ2) is 7.12. The molecule has 5 heteroatoms. The van der Waals surface area contributed by atoms with Gasteiger partial charge in [0.1, 0.15) is 0 Å². The van der Waals surface area contributed by atoms with Crippen molar-refractivity contribution in [1.82, 2.24) is 5.32 Å². The molecule has 2 aromatic carbocycles. The highest BCUT2D eigenvalue weighted by Gasteiger charge is 2.08. The molecule has 0 radical (unpaired) electrons. The van der Waals surface area contributed by atoms with Crippen molar-refractivity contribution in [3.63, 3.8) is 0 Å². The summed E-state index contributed by atoms with van der Waals surface area (Å²) in [7, 11) is 0. The Morgan fingerprint density at radius 3 is 2.43 bits per heavy atom. The van der Waals surface area contributed by atoms with Crippen molar-refractivity contribution >= 4 is 46.2 Å². The average Bonchev–Trinajstić information content (AvgIpc) is 2.44. The van der Waals surface area contributed by atoms with Gasteiger partial charge in [-0.1, -0.05) is 41.4 Å². The van der Waals surface area contributed by atoms with E-state index in [1.54, 1.807) is 0 Å². The summed E-state index contributed by atoms with van der Waals surface area (Å²) >= 11 is 17.3. The number of hydrogen-bond acceptors (Lipinski definition) is 1. The van der Waals surface area contributed by atoms with Crippen LogP contribution < -0.4 is 10.6 Å². The second-order valence-corrected chi connectivity index (χ2v) is 6.04. The molecule has 0 aliphatic heterocycles. The van der Waals surface area contributed by atoms with Crippen LogP contribution in [0, 0.1) is 6.92 Å². The monoisotopic (exact) mass is 338 g/mol. The van der Waals surface area contributed by atoms with E-state index >= 15 is 0 Å². The number of rotatable bonds is 3. The topological polar surface area (TPSA) is 24.1 Å². The van der Waals surface area contributed by atoms with Crippen LogP contribution >= 0.6 is 35.4 Å². The first-order chi connectivity index (χ1) is 9.97. The summed E-state index contributed by atoms with van der Waals surface area (Å²) < 4.78 is 0. The molecule has 0 heterocycles. The van der Waals surface area contributed by atoms with Crippen molar-refractivity contribution < 1.29 is 0 Å². The standard InChI is InChI=1S/C16H16Cl2N2S/c1-10-14(18)4-3-5-15(10)20-16(21)19-11(2)12-6-8-13(17)9-7-12/h3-9,11H,1-2H3,(H2,19,20,21)/t11-/m1/s1. The number of benzene rings is 2. The fraction of sp³-hybridized carbons (Fsp3) is 0.188. The lowest BCUT2D eigenvalue weighted by atomic mass is 10.1. The molecule has 0 spiro atoms. The molecule has 1 atom stereocenters. The Morgan fingerprint density at radius 1 is 1.10 bits per heavy atom. The van der Waals surface area contributed by atoms with Crippen molar-refractivity contribution in [1.29, 1.82) is 0 Å². The van der Waals surface area contributed by atoms with Crippen LogP contribution in [0.25, 0.3) is 0 Å². The zero-order valence-electron chi connectivity index (χ0n) is 11.8. The van der Waals surface area contributed by atoms with Gasteiger partial charge in [-0.15, -0.1) is 0 Å². The highest BCUT2D eigenvalue weighted by Crippen LogP contribution is 2.23. The lowest BCUT2D eigenvalue weighted by Crippen LogP contribution is -2.31. The molecular formula is C16H16Cl2N2S. The minimum atomic E-state index is 0.0850. The maximum atomic E-state index is 6.10. The van der Waals surface area contributed by atoms with E-state index in [0.29, 0.717) is 10.1 Å². The third-order valence-electron chi connectivity index (χ3n) is 3.23. The molecule has 0 amide bonds. The molecule has 0 aromatic heterocycles. The summed E-state index contributed by atoms with van der Waals surface area (Å²) in [5.74, 6) is 0. The van der Waals surface area contributed by atoms with Gasteiger partial charge < -0.3 is 10.6 Å². The zero-order chi connectivity index (χ0) is 15.4. The summed E-state index contributed by atoms with van der Waals surface area (Å²) in [6.07, 6.45) is 0. The first kappa shape index (κ1) is 16.1. The molecule has 0 aliphatic carbocycles. The smallest absolute Gasteiger partial charge is 0.171 e. The van der Waals surface area contributed by atoms with Crippen LogP contribution in [0.15, 0.2) is 42.5 Å². The van der Waals surface area contributed by atoms with Crippen LogP contribution in [0.4, 0.5) is 5.69 Å². The predicted molar refractivity (Wildman–Crippen MR) is 95.4 cm³/mol. The molecule has 2 rings (SSSR count). The molecule has 0 saturated carbocycles. The summed E-state index contributed by atoms with van der Waals surface area (Å²) in [6, 6.07) is 13.5. The number of halogens is 2. The molecular weight excluding hydrogens is 323 g/mol. The van der Waals surface area contributed by atoms with Gasteiger partial charge in [-0.05, 0) is 61.5 Å². The van der Waals surface area contributed by atoms with Crippen LogP contribution in [0.5, 0.6) is 0 Å². The van der Waals surface area contributed by atoms with Crippen LogP contribution in [0.1, 0.15) is 24.1 Å². The van der Waals surface area contributed by atoms with E-state index in [1.165, 1.54) is 0 Å². The minimum Gasteiger partial charge on any atom is -0.356 e. The number of nitrogens with one attached hydrogen (secondary N) is 2. The van der Waals surface area contributed by atoms with E-state index in [1.807, 2.05) is 56.3 Å². The second-order valence-electron chi connectivity index (χ2n) is 4.78. The quantitative estimate of drug-likeness (QED) is 0.737. The molecule has 2 N–H and O–H groups in total.